The van der Waals surface area contributed by atoms with E-state index < -0.39 is 6.09 Å². The first kappa shape index (κ1) is 37.9. The summed E-state index contributed by atoms with van der Waals surface area (Å²) in [6, 6.07) is 42.4. The number of rotatable bonds is 12. The topological polar surface area (TPSA) is 97.0 Å². The monoisotopic (exact) mass is 740 g/mol. The van der Waals surface area contributed by atoms with Crippen molar-refractivity contribution in [2.75, 3.05) is 59.5 Å². The number of amides is 1. The molecule has 1 aliphatic rings. The largest absolute Gasteiger partial charge is 0.497 e. The average molecular weight is 741 g/mol. The van der Waals surface area contributed by atoms with Crippen LogP contribution in [0.1, 0.15) is 17.0 Å². The number of carbonyl (C=O) groups is 1. The minimum Gasteiger partial charge on any atom is -0.497 e. The van der Waals surface area contributed by atoms with Gasteiger partial charge >= 0.3 is 6.09 Å². The first-order chi connectivity index (χ1) is 26.9. The quantitative estimate of drug-likeness (QED) is 0.131. The van der Waals surface area contributed by atoms with Crippen molar-refractivity contribution in [1.29, 1.82) is 0 Å². The molecule has 7 rings (SSSR count). The Balaban J connectivity index is 0.000000228. The van der Waals surface area contributed by atoms with E-state index in [1.54, 1.807) is 73.0 Å². The third kappa shape index (κ3) is 8.55. The lowest BCUT2D eigenvalue weighted by Crippen LogP contribution is -2.28. The molecule has 0 aromatic heterocycles. The predicted octanol–water partition coefficient (Wildman–Crippen LogP) is 10.3. The SMILES string of the molecule is COc1ccc(N(C(=O)OCC2c3ccccc3-c3ccccc32)c2ccc(OC)cc2OC)cc1.COc1ccc(Nc2ccc(OC)cc2OC)cc1. The minimum atomic E-state index is -0.509. The van der Waals surface area contributed by atoms with E-state index in [-0.39, 0.29) is 12.5 Å². The van der Waals surface area contributed by atoms with Crippen LogP contribution in [0.5, 0.6) is 34.5 Å². The van der Waals surface area contributed by atoms with Gasteiger partial charge in [0.2, 0.25) is 0 Å². The highest BCUT2D eigenvalue weighted by molar-refractivity contribution is 5.98. The molecule has 0 bridgehead atoms. The van der Waals surface area contributed by atoms with Crippen molar-refractivity contribution >= 4 is 28.8 Å². The molecule has 0 spiro atoms. The van der Waals surface area contributed by atoms with Crippen LogP contribution >= 0.6 is 0 Å². The number of nitrogens with one attached hydrogen (secondary N) is 1. The Morgan fingerprint density at radius 1 is 0.545 bits per heavy atom. The number of nitrogens with zero attached hydrogens (tertiary/aromatic N) is 1. The van der Waals surface area contributed by atoms with E-state index in [1.807, 2.05) is 78.9 Å². The molecular formula is C45H44N2O8. The molecule has 0 unspecified atom stereocenters. The van der Waals surface area contributed by atoms with Crippen molar-refractivity contribution < 1.29 is 38.0 Å². The summed E-state index contributed by atoms with van der Waals surface area (Å²) < 4.78 is 37.9. The first-order valence-electron chi connectivity index (χ1n) is 17.6. The maximum absolute atomic E-state index is 13.7. The number of carbonyl (C=O) groups excluding carboxylic acids is 1. The summed E-state index contributed by atoms with van der Waals surface area (Å²) in [4.78, 5) is 15.2. The third-order valence-corrected chi connectivity index (χ3v) is 9.25. The van der Waals surface area contributed by atoms with E-state index in [0.717, 1.165) is 39.8 Å². The fraction of sp³-hybridized carbons (Fsp3) is 0.178. The summed E-state index contributed by atoms with van der Waals surface area (Å²) >= 11 is 0. The van der Waals surface area contributed by atoms with Crippen LogP contribution in [0, 0.1) is 0 Å². The van der Waals surface area contributed by atoms with Crippen molar-refractivity contribution in [1.82, 2.24) is 0 Å². The first-order valence-corrected chi connectivity index (χ1v) is 17.6. The van der Waals surface area contributed by atoms with Crippen molar-refractivity contribution in [2.45, 2.75) is 5.92 Å². The van der Waals surface area contributed by atoms with Crippen LogP contribution in [0.2, 0.25) is 0 Å². The van der Waals surface area contributed by atoms with Gasteiger partial charge in [0.05, 0.1) is 59.7 Å². The molecule has 0 atom stereocenters. The van der Waals surface area contributed by atoms with Gasteiger partial charge in [-0.25, -0.2) is 9.69 Å². The number of anilines is 4. The third-order valence-electron chi connectivity index (χ3n) is 9.25. The zero-order valence-corrected chi connectivity index (χ0v) is 31.7. The number of methoxy groups -OCH3 is 6. The van der Waals surface area contributed by atoms with Crippen LogP contribution in [-0.2, 0) is 4.74 Å². The fourth-order valence-corrected chi connectivity index (χ4v) is 6.43. The van der Waals surface area contributed by atoms with Crippen molar-refractivity contribution in [3.05, 3.63) is 145 Å². The molecule has 0 heterocycles. The van der Waals surface area contributed by atoms with Gasteiger partial charge in [-0.2, -0.15) is 0 Å². The Morgan fingerprint density at radius 2 is 1.04 bits per heavy atom. The molecule has 10 nitrogen and oxygen atoms in total. The molecule has 6 aromatic rings. The average Bonchev–Trinajstić information content (AvgIpc) is 3.57. The van der Waals surface area contributed by atoms with Gasteiger partial charge in [-0.3, -0.25) is 0 Å². The van der Waals surface area contributed by atoms with Gasteiger partial charge in [-0.1, -0.05) is 48.5 Å². The summed E-state index contributed by atoms with van der Waals surface area (Å²) in [7, 11) is 9.66. The lowest BCUT2D eigenvalue weighted by molar-refractivity contribution is 0.153. The van der Waals surface area contributed by atoms with Crippen LogP contribution in [0.4, 0.5) is 27.5 Å². The Kier molecular flexibility index (Phi) is 12.3. The molecule has 0 fully saturated rings. The second kappa shape index (κ2) is 17.8. The predicted molar refractivity (Wildman–Crippen MR) is 216 cm³/mol. The Labute approximate surface area is 321 Å². The number of hydrogen-bond acceptors (Lipinski definition) is 9. The van der Waals surface area contributed by atoms with E-state index in [1.165, 1.54) is 16.0 Å². The highest BCUT2D eigenvalue weighted by Crippen LogP contribution is 2.45. The molecule has 6 aromatic carbocycles. The normalized spacial score (nSPS) is 11.2. The van der Waals surface area contributed by atoms with Crippen LogP contribution < -0.4 is 38.6 Å². The Bertz CT molecular complexity index is 2160. The summed E-state index contributed by atoms with van der Waals surface area (Å²) in [5, 5.41) is 3.29. The molecule has 1 aliphatic carbocycles. The standard InChI is InChI=1S/C30H27NO5.C15H17NO3/c1-33-21-14-12-20(13-15-21)31(28-17-16-22(34-2)18-29(28)35-3)30(32)36-19-27-25-10-6-4-8-23(25)24-9-5-7-11-26(24)27;1-17-12-6-4-11(5-7-12)16-14-9-8-13(18-2)10-15(14)19-3/h4-18,27H,19H2,1-3H3;4-10,16H,1-3H3. The molecular weight excluding hydrogens is 697 g/mol. The fourth-order valence-electron chi connectivity index (χ4n) is 6.43. The van der Waals surface area contributed by atoms with E-state index in [2.05, 4.69) is 29.6 Å². The summed E-state index contributed by atoms with van der Waals surface area (Å²) in [6.07, 6.45) is -0.509. The van der Waals surface area contributed by atoms with Gasteiger partial charge < -0.3 is 38.5 Å². The minimum absolute atomic E-state index is 0.0446. The number of hydrogen-bond donors (Lipinski definition) is 1. The van der Waals surface area contributed by atoms with Crippen molar-refractivity contribution in [2.24, 2.45) is 0 Å². The molecule has 10 heteroatoms. The van der Waals surface area contributed by atoms with Crippen LogP contribution in [-0.4, -0.2) is 55.4 Å². The zero-order valence-electron chi connectivity index (χ0n) is 31.7. The number of benzene rings is 6. The van der Waals surface area contributed by atoms with Gasteiger partial charge in [0.15, 0.2) is 0 Å². The Morgan fingerprint density at radius 3 is 1.58 bits per heavy atom. The molecule has 0 radical (unpaired) electrons. The smallest absolute Gasteiger partial charge is 0.419 e. The maximum atomic E-state index is 13.7. The maximum Gasteiger partial charge on any atom is 0.419 e. The molecule has 55 heavy (non-hydrogen) atoms. The molecule has 1 N–H and O–H groups in total. The van der Waals surface area contributed by atoms with Crippen LogP contribution in [0.15, 0.2) is 133 Å². The lowest BCUT2D eigenvalue weighted by Gasteiger charge is -2.25. The highest BCUT2D eigenvalue weighted by Gasteiger charge is 2.31. The van der Waals surface area contributed by atoms with E-state index in [9.17, 15) is 4.79 Å². The molecule has 0 saturated heterocycles. The van der Waals surface area contributed by atoms with Gasteiger partial charge in [0.1, 0.15) is 41.1 Å². The van der Waals surface area contributed by atoms with Gasteiger partial charge in [-0.05, 0) is 95.1 Å². The van der Waals surface area contributed by atoms with Crippen LogP contribution in [0.3, 0.4) is 0 Å². The molecule has 1 amide bonds. The van der Waals surface area contributed by atoms with E-state index in [4.69, 9.17) is 33.2 Å². The summed E-state index contributed by atoms with van der Waals surface area (Å²) in [5.74, 6) is 4.07. The highest BCUT2D eigenvalue weighted by atomic mass is 16.6. The van der Waals surface area contributed by atoms with Crippen molar-refractivity contribution in [3.8, 4) is 45.6 Å². The van der Waals surface area contributed by atoms with Crippen molar-refractivity contribution in [3.63, 3.8) is 0 Å². The van der Waals surface area contributed by atoms with Crippen LogP contribution in [0.25, 0.3) is 11.1 Å². The molecule has 0 saturated carbocycles. The molecule has 282 valence electrons. The second-order valence-electron chi connectivity index (χ2n) is 12.3. The van der Waals surface area contributed by atoms with Gasteiger partial charge in [0, 0.05) is 23.7 Å². The van der Waals surface area contributed by atoms with E-state index in [0.29, 0.717) is 28.6 Å². The zero-order chi connectivity index (χ0) is 38.7. The molecule has 0 aliphatic heterocycles. The summed E-state index contributed by atoms with van der Waals surface area (Å²) in [5.41, 5.74) is 7.68. The lowest BCUT2D eigenvalue weighted by atomic mass is 9.98. The summed E-state index contributed by atoms with van der Waals surface area (Å²) in [6.45, 7) is 0.206. The van der Waals surface area contributed by atoms with E-state index >= 15 is 0 Å². The number of fused-ring (bicyclic) bond motifs is 3. The Hall–Kier alpha value is -6.81. The number of ether oxygens (including phenoxy) is 7. The van der Waals surface area contributed by atoms with Gasteiger partial charge in [-0.15, -0.1) is 0 Å². The van der Waals surface area contributed by atoms with Gasteiger partial charge in [0.25, 0.3) is 0 Å². The second-order valence-corrected chi connectivity index (χ2v) is 12.3.